The predicted molar refractivity (Wildman–Crippen MR) is 86.7 cm³/mol. The number of rotatable bonds is 4. The van der Waals surface area contributed by atoms with Gasteiger partial charge in [-0.25, -0.2) is 0 Å². The molecule has 1 aliphatic heterocycles. The molecule has 22 heavy (non-hydrogen) atoms. The van der Waals surface area contributed by atoms with Crippen LogP contribution in [0.3, 0.4) is 0 Å². The Hall–Kier alpha value is -1.88. The van der Waals surface area contributed by atoms with E-state index in [1.165, 1.54) is 5.56 Å². The topological polar surface area (TPSA) is 55.7 Å². The third kappa shape index (κ3) is 3.47. The molecule has 0 amide bonds. The van der Waals surface area contributed by atoms with Gasteiger partial charge < -0.3 is 15.5 Å². The maximum Gasteiger partial charge on any atom is 0.115 e. The minimum absolute atomic E-state index is 0.191. The van der Waals surface area contributed by atoms with E-state index < -0.39 is 6.10 Å². The van der Waals surface area contributed by atoms with E-state index in [1.807, 2.05) is 24.3 Å². The number of aromatic hydroxyl groups is 1. The lowest BCUT2D eigenvalue weighted by atomic mass is 10.0. The average Bonchev–Trinajstić information content (AvgIpc) is 2.56. The molecule has 4 nitrogen and oxygen atoms in total. The van der Waals surface area contributed by atoms with Crippen LogP contribution in [0.5, 0.6) is 5.75 Å². The summed E-state index contributed by atoms with van der Waals surface area (Å²) < 4.78 is 0. The lowest BCUT2D eigenvalue weighted by molar-refractivity contribution is 0.0732. The van der Waals surface area contributed by atoms with Crippen LogP contribution >= 0.6 is 0 Å². The van der Waals surface area contributed by atoms with Gasteiger partial charge in [-0.05, 0) is 23.3 Å². The van der Waals surface area contributed by atoms with Gasteiger partial charge in [0.05, 0.1) is 6.10 Å². The predicted octanol–water partition coefficient (Wildman–Crippen LogP) is 2.07. The van der Waals surface area contributed by atoms with Crippen LogP contribution < -0.4 is 5.32 Å². The van der Waals surface area contributed by atoms with Gasteiger partial charge in [0.25, 0.3) is 0 Å². The van der Waals surface area contributed by atoms with Gasteiger partial charge in [-0.2, -0.15) is 0 Å². The molecule has 1 aliphatic rings. The number of aliphatic hydroxyl groups is 1. The first-order valence-electron chi connectivity index (χ1n) is 7.71. The van der Waals surface area contributed by atoms with Crippen molar-refractivity contribution in [2.24, 2.45) is 0 Å². The van der Waals surface area contributed by atoms with Gasteiger partial charge in [0.2, 0.25) is 0 Å². The van der Waals surface area contributed by atoms with Crippen molar-refractivity contribution in [2.75, 3.05) is 26.2 Å². The lowest BCUT2D eigenvalue weighted by Gasteiger charge is -2.37. The Morgan fingerprint density at radius 1 is 1.14 bits per heavy atom. The van der Waals surface area contributed by atoms with Gasteiger partial charge in [0, 0.05) is 32.2 Å². The van der Waals surface area contributed by atoms with Crippen molar-refractivity contribution in [3.8, 4) is 5.75 Å². The normalized spacial score (nSPS) is 20.7. The van der Waals surface area contributed by atoms with Crippen LogP contribution in [0, 0.1) is 0 Å². The summed E-state index contributed by atoms with van der Waals surface area (Å²) in [5, 5.41) is 23.5. The van der Waals surface area contributed by atoms with Gasteiger partial charge in [-0.3, -0.25) is 4.90 Å². The molecule has 0 spiro atoms. The maximum absolute atomic E-state index is 10.5. The van der Waals surface area contributed by atoms with Gasteiger partial charge in [-0.15, -0.1) is 0 Å². The summed E-state index contributed by atoms with van der Waals surface area (Å²) in [4.78, 5) is 2.31. The standard InChI is InChI=1S/C18H22N2O2/c21-16-8-4-7-15(11-16)18(22)13-20-10-9-19-12-17(20)14-5-2-1-3-6-14/h1-8,11,17-19,21-22H,9-10,12-13H2. The van der Waals surface area contributed by atoms with Crippen LogP contribution in [0.4, 0.5) is 0 Å². The Bertz CT molecular complexity index is 603. The molecule has 0 bridgehead atoms. The molecule has 2 aromatic rings. The van der Waals surface area contributed by atoms with Crippen molar-refractivity contribution in [3.05, 3.63) is 65.7 Å². The van der Waals surface area contributed by atoms with Crippen molar-refractivity contribution in [1.29, 1.82) is 0 Å². The zero-order chi connectivity index (χ0) is 15.4. The van der Waals surface area contributed by atoms with E-state index in [9.17, 15) is 10.2 Å². The van der Waals surface area contributed by atoms with Crippen LogP contribution in [0.1, 0.15) is 23.3 Å². The zero-order valence-electron chi connectivity index (χ0n) is 12.5. The Kier molecular flexibility index (Phi) is 4.73. The van der Waals surface area contributed by atoms with E-state index in [-0.39, 0.29) is 11.8 Å². The van der Waals surface area contributed by atoms with Crippen LogP contribution in [-0.2, 0) is 0 Å². The summed E-state index contributed by atoms with van der Waals surface area (Å²) in [6.45, 7) is 3.27. The number of β-amino-alcohol motifs (C(OH)–C–C–N with tert-alkyl or cyclic N) is 1. The fraction of sp³-hybridized carbons (Fsp3) is 0.333. The minimum Gasteiger partial charge on any atom is -0.508 e. The van der Waals surface area contributed by atoms with Crippen LogP contribution in [0.25, 0.3) is 0 Å². The van der Waals surface area contributed by atoms with E-state index in [2.05, 4.69) is 22.3 Å². The molecule has 0 aromatic heterocycles. The number of phenolic OH excluding ortho intramolecular Hbond substituents is 1. The SMILES string of the molecule is Oc1cccc(C(O)CN2CCNCC2c2ccccc2)c1. The lowest BCUT2D eigenvalue weighted by Crippen LogP contribution is -2.47. The Morgan fingerprint density at radius 3 is 2.73 bits per heavy atom. The molecule has 3 N–H and O–H groups in total. The highest BCUT2D eigenvalue weighted by molar-refractivity contribution is 5.29. The van der Waals surface area contributed by atoms with Crippen LogP contribution in [0.2, 0.25) is 0 Å². The molecule has 3 rings (SSSR count). The summed E-state index contributed by atoms with van der Waals surface area (Å²) >= 11 is 0. The second-order valence-electron chi connectivity index (χ2n) is 5.74. The van der Waals surface area contributed by atoms with E-state index in [0.29, 0.717) is 6.54 Å². The third-order valence-corrected chi connectivity index (χ3v) is 4.20. The molecule has 2 unspecified atom stereocenters. The number of phenols is 1. The maximum atomic E-state index is 10.5. The number of aliphatic hydroxyl groups excluding tert-OH is 1. The largest absolute Gasteiger partial charge is 0.508 e. The summed E-state index contributed by atoms with van der Waals surface area (Å²) in [7, 11) is 0. The Morgan fingerprint density at radius 2 is 1.95 bits per heavy atom. The summed E-state index contributed by atoms with van der Waals surface area (Å²) in [5.74, 6) is 0.191. The molecule has 116 valence electrons. The Balaban J connectivity index is 1.74. The first-order chi connectivity index (χ1) is 10.7. The molecular formula is C18H22N2O2. The zero-order valence-corrected chi connectivity index (χ0v) is 12.5. The second-order valence-corrected chi connectivity index (χ2v) is 5.74. The van der Waals surface area contributed by atoms with Crippen molar-refractivity contribution < 1.29 is 10.2 Å². The Labute approximate surface area is 131 Å². The highest BCUT2D eigenvalue weighted by Gasteiger charge is 2.25. The highest BCUT2D eigenvalue weighted by Crippen LogP contribution is 2.26. The summed E-state index contributed by atoms with van der Waals surface area (Å²) in [6.07, 6.45) is -0.601. The van der Waals surface area contributed by atoms with Gasteiger partial charge >= 0.3 is 0 Å². The van der Waals surface area contributed by atoms with Crippen molar-refractivity contribution in [3.63, 3.8) is 0 Å². The molecular weight excluding hydrogens is 276 g/mol. The van der Waals surface area contributed by atoms with Crippen molar-refractivity contribution in [1.82, 2.24) is 10.2 Å². The quantitative estimate of drug-likeness (QED) is 0.809. The molecule has 0 saturated carbocycles. The molecule has 2 aromatic carbocycles. The van der Waals surface area contributed by atoms with Gasteiger partial charge in [0.1, 0.15) is 5.75 Å². The first kappa shape index (κ1) is 15.0. The number of hydrogen-bond acceptors (Lipinski definition) is 4. The summed E-state index contributed by atoms with van der Waals surface area (Å²) in [6, 6.07) is 17.5. The first-order valence-corrected chi connectivity index (χ1v) is 7.71. The van der Waals surface area contributed by atoms with Crippen LogP contribution in [-0.4, -0.2) is 41.3 Å². The second kappa shape index (κ2) is 6.92. The van der Waals surface area contributed by atoms with Crippen molar-refractivity contribution in [2.45, 2.75) is 12.1 Å². The number of hydrogen-bond donors (Lipinski definition) is 3. The van der Waals surface area contributed by atoms with E-state index >= 15 is 0 Å². The fourth-order valence-electron chi connectivity index (χ4n) is 3.03. The van der Waals surface area contributed by atoms with E-state index in [4.69, 9.17) is 0 Å². The number of nitrogens with zero attached hydrogens (tertiary/aromatic N) is 1. The minimum atomic E-state index is -0.601. The molecule has 4 heteroatoms. The number of piperazine rings is 1. The van der Waals surface area contributed by atoms with E-state index in [1.54, 1.807) is 18.2 Å². The molecule has 1 saturated heterocycles. The summed E-state index contributed by atoms with van der Waals surface area (Å²) in [5.41, 5.74) is 2.02. The highest BCUT2D eigenvalue weighted by atomic mass is 16.3. The molecule has 1 fully saturated rings. The fourth-order valence-corrected chi connectivity index (χ4v) is 3.03. The number of benzene rings is 2. The van der Waals surface area contributed by atoms with Gasteiger partial charge in [-0.1, -0.05) is 42.5 Å². The van der Waals surface area contributed by atoms with Gasteiger partial charge in [0.15, 0.2) is 0 Å². The van der Waals surface area contributed by atoms with Crippen molar-refractivity contribution >= 4 is 0 Å². The number of nitrogens with one attached hydrogen (secondary N) is 1. The molecule has 1 heterocycles. The molecule has 2 atom stereocenters. The van der Waals surface area contributed by atoms with E-state index in [0.717, 1.165) is 25.2 Å². The third-order valence-electron chi connectivity index (χ3n) is 4.20. The average molecular weight is 298 g/mol. The smallest absolute Gasteiger partial charge is 0.115 e. The molecule has 0 radical (unpaired) electrons. The monoisotopic (exact) mass is 298 g/mol. The molecule has 0 aliphatic carbocycles. The van der Waals surface area contributed by atoms with Crippen LogP contribution in [0.15, 0.2) is 54.6 Å².